The third-order valence-corrected chi connectivity index (χ3v) is 7.86. The predicted octanol–water partition coefficient (Wildman–Crippen LogP) is 5.12. The average molecular weight is 506 g/mol. The number of aryl methyl sites for hydroxylation is 2. The van der Waals surface area contributed by atoms with Crippen molar-refractivity contribution in [1.29, 1.82) is 0 Å². The van der Waals surface area contributed by atoms with Crippen LogP contribution >= 0.6 is 0 Å². The maximum absolute atomic E-state index is 14.5. The lowest BCUT2D eigenvalue weighted by atomic mass is 9.80. The number of aromatic amines is 1. The van der Waals surface area contributed by atoms with Gasteiger partial charge in [-0.1, -0.05) is 31.2 Å². The molecule has 1 aromatic heterocycles. The second-order valence-corrected chi connectivity index (χ2v) is 10.5. The highest BCUT2D eigenvalue weighted by Crippen LogP contribution is 2.49. The number of anilines is 1. The highest BCUT2D eigenvalue weighted by Gasteiger charge is 2.60. The van der Waals surface area contributed by atoms with Crippen molar-refractivity contribution >= 4 is 11.7 Å². The van der Waals surface area contributed by atoms with Crippen LogP contribution in [-0.2, 0) is 13.0 Å². The van der Waals surface area contributed by atoms with E-state index >= 15 is 0 Å². The average Bonchev–Trinajstić information content (AvgIpc) is 3.52. The largest absolute Gasteiger partial charge is 0.496 e. The summed E-state index contributed by atoms with van der Waals surface area (Å²) in [7, 11) is 1.68. The molecule has 0 radical (unpaired) electrons. The zero-order valence-corrected chi connectivity index (χ0v) is 22.3. The van der Waals surface area contributed by atoms with Crippen LogP contribution in [0.5, 0.6) is 5.75 Å². The van der Waals surface area contributed by atoms with Gasteiger partial charge in [-0.2, -0.15) is 0 Å². The molecule has 5 rings (SSSR count). The number of para-hydroxylation sites is 1. The fraction of sp³-hybridized carbons (Fsp3) is 0.448. The molecule has 3 aromatic rings. The Morgan fingerprint density at radius 2 is 1.97 bits per heavy atom. The molecule has 0 saturated carbocycles. The summed E-state index contributed by atoms with van der Waals surface area (Å²) in [5, 5.41) is 0. The Labute approximate surface area is 218 Å². The van der Waals surface area contributed by atoms with Gasteiger partial charge < -0.3 is 14.6 Å². The van der Waals surface area contributed by atoms with Gasteiger partial charge in [0.1, 0.15) is 17.4 Å². The molecule has 2 amide bonds. The smallest absolute Gasteiger partial charge is 0.325 e. The van der Waals surface area contributed by atoms with Gasteiger partial charge in [0.25, 0.3) is 0 Å². The zero-order valence-electron chi connectivity index (χ0n) is 22.3. The van der Waals surface area contributed by atoms with Crippen LogP contribution in [0, 0.1) is 12.7 Å². The van der Waals surface area contributed by atoms with E-state index in [1.807, 2.05) is 47.9 Å². The van der Waals surface area contributed by atoms with Crippen molar-refractivity contribution < 1.29 is 13.9 Å². The number of rotatable bonds is 7. The van der Waals surface area contributed by atoms with Crippen molar-refractivity contribution in [3.63, 3.8) is 0 Å². The molecule has 8 heteroatoms. The lowest BCUT2D eigenvalue weighted by Gasteiger charge is -2.38. The van der Waals surface area contributed by atoms with Gasteiger partial charge in [-0.15, -0.1) is 0 Å². The number of hydrogen-bond donors (Lipinski definition) is 1. The topological polar surface area (TPSA) is 64.7 Å². The fourth-order valence-electron chi connectivity index (χ4n) is 6.07. The third kappa shape index (κ3) is 4.37. The number of imidazole rings is 1. The molecule has 0 aliphatic carbocycles. The normalized spacial score (nSPS) is 22.1. The molecule has 3 heterocycles. The number of urea groups is 1. The first-order chi connectivity index (χ1) is 17.8. The number of benzene rings is 2. The van der Waals surface area contributed by atoms with Crippen LogP contribution in [-0.4, -0.2) is 64.1 Å². The number of amides is 2. The number of ether oxygens (including phenoxy) is 1. The van der Waals surface area contributed by atoms with Crippen molar-refractivity contribution in [3.05, 3.63) is 77.1 Å². The van der Waals surface area contributed by atoms with Crippen molar-refractivity contribution in [1.82, 2.24) is 19.8 Å². The van der Waals surface area contributed by atoms with Crippen molar-refractivity contribution in [2.75, 3.05) is 31.6 Å². The van der Waals surface area contributed by atoms with Gasteiger partial charge in [-0.3, -0.25) is 9.80 Å². The van der Waals surface area contributed by atoms with E-state index in [1.165, 1.54) is 12.1 Å². The number of likely N-dealkylation sites (tertiary alicyclic amines) is 1. The molecule has 2 aliphatic rings. The molecular formula is C29H36FN5O2. The van der Waals surface area contributed by atoms with Crippen molar-refractivity contribution in [3.8, 4) is 5.75 Å². The Morgan fingerprint density at radius 1 is 1.19 bits per heavy atom. The van der Waals surface area contributed by atoms with Gasteiger partial charge in [0.05, 0.1) is 18.3 Å². The monoisotopic (exact) mass is 505 g/mol. The Hall–Kier alpha value is -3.39. The molecule has 37 heavy (non-hydrogen) atoms. The lowest BCUT2D eigenvalue weighted by Crippen LogP contribution is -2.53. The number of carbonyl (C=O) groups is 1. The van der Waals surface area contributed by atoms with Gasteiger partial charge in [-0.05, 0) is 45.0 Å². The molecular weight excluding hydrogens is 469 g/mol. The zero-order chi connectivity index (χ0) is 26.3. The van der Waals surface area contributed by atoms with Gasteiger partial charge in [0.2, 0.25) is 0 Å². The number of hydrogen-bond acceptors (Lipinski definition) is 4. The maximum Gasteiger partial charge on any atom is 0.325 e. The summed E-state index contributed by atoms with van der Waals surface area (Å²) in [6.07, 6.45) is 0.847. The van der Waals surface area contributed by atoms with Crippen molar-refractivity contribution in [2.24, 2.45) is 0 Å². The van der Waals surface area contributed by atoms with E-state index in [0.29, 0.717) is 25.3 Å². The number of nitrogens with one attached hydrogen (secondary N) is 1. The Kier molecular flexibility index (Phi) is 6.70. The standard InChI is InChI=1S/C29H36FN5O2/c1-6-27-31-20(4)25(32-27)16-33-15-24(23-12-7-8-13-26(23)37-5)29(17-33)18-34(19(2)3)28(36)35(29)22-11-9-10-21(30)14-22/h7-14,19,24H,6,15-18H2,1-5H3,(H,31,32)/t24?,29-/m1/s1. The molecule has 2 aromatic carbocycles. The van der Waals surface area contributed by atoms with E-state index in [-0.39, 0.29) is 23.8 Å². The van der Waals surface area contributed by atoms with Gasteiger partial charge in [0.15, 0.2) is 0 Å². The quantitative estimate of drug-likeness (QED) is 0.484. The molecule has 1 unspecified atom stereocenters. The second kappa shape index (κ2) is 9.82. The molecule has 2 atom stereocenters. The van der Waals surface area contributed by atoms with Crippen LogP contribution in [0.1, 0.15) is 49.5 Å². The van der Waals surface area contributed by atoms with Crippen LogP contribution in [0.15, 0.2) is 48.5 Å². The molecule has 0 bridgehead atoms. The lowest BCUT2D eigenvalue weighted by molar-refractivity contribution is 0.205. The molecule has 2 fully saturated rings. The Morgan fingerprint density at radius 3 is 2.65 bits per heavy atom. The van der Waals surface area contributed by atoms with E-state index in [4.69, 9.17) is 9.72 Å². The summed E-state index contributed by atoms with van der Waals surface area (Å²) < 4.78 is 20.3. The van der Waals surface area contributed by atoms with E-state index in [9.17, 15) is 9.18 Å². The number of carbonyl (C=O) groups excluding carboxylic acids is 1. The summed E-state index contributed by atoms with van der Waals surface area (Å²) in [4.78, 5) is 28.3. The Bertz CT molecular complexity index is 1290. The first-order valence-electron chi connectivity index (χ1n) is 13.0. The summed E-state index contributed by atoms with van der Waals surface area (Å²) in [6.45, 7) is 10.8. The van der Waals surface area contributed by atoms with Crippen LogP contribution in [0.2, 0.25) is 0 Å². The van der Waals surface area contributed by atoms with E-state index in [2.05, 4.69) is 29.8 Å². The van der Waals surface area contributed by atoms with E-state index in [1.54, 1.807) is 13.2 Å². The third-order valence-electron chi connectivity index (χ3n) is 7.86. The van der Waals surface area contributed by atoms with Gasteiger partial charge >= 0.3 is 6.03 Å². The highest BCUT2D eigenvalue weighted by molar-refractivity contribution is 5.97. The van der Waals surface area contributed by atoms with Crippen LogP contribution < -0.4 is 9.64 Å². The minimum atomic E-state index is -0.610. The van der Waals surface area contributed by atoms with Gasteiger partial charge in [-0.25, -0.2) is 14.2 Å². The molecule has 1 N–H and O–H groups in total. The van der Waals surface area contributed by atoms with E-state index in [0.717, 1.165) is 41.5 Å². The van der Waals surface area contributed by atoms with Crippen LogP contribution in [0.4, 0.5) is 14.9 Å². The summed E-state index contributed by atoms with van der Waals surface area (Å²) in [5.74, 6) is 1.37. The molecule has 2 saturated heterocycles. The fourth-order valence-corrected chi connectivity index (χ4v) is 6.07. The first kappa shape index (κ1) is 25.3. The number of aromatic nitrogens is 2. The summed E-state index contributed by atoms with van der Waals surface area (Å²) >= 11 is 0. The summed E-state index contributed by atoms with van der Waals surface area (Å²) in [5.41, 5.74) is 3.12. The first-order valence-corrected chi connectivity index (χ1v) is 13.0. The van der Waals surface area contributed by atoms with Gasteiger partial charge in [0, 0.05) is 61.5 Å². The number of nitrogens with zero attached hydrogens (tertiary/aromatic N) is 4. The Balaban J connectivity index is 1.64. The maximum atomic E-state index is 14.5. The molecule has 7 nitrogen and oxygen atoms in total. The van der Waals surface area contributed by atoms with Crippen LogP contribution in [0.3, 0.4) is 0 Å². The molecule has 196 valence electrons. The van der Waals surface area contributed by atoms with Crippen LogP contribution in [0.25, 0.3) is 0 Å². The van der Waals surface area contributed by atoms with Crippen molar-refractivity contribution in [2.45, 2.75) is 58.2 Å². The second-order valence-electron chi connectivity index (χ2n) is 10.5. The molecule has 2 aliphatic heterocycles. The number of H-pyrrole nitrogens is 1. The SMILES string of the molecule is CCc1nc(CN2CC(c3ccccc3OC)[C@@]3(C2)CN(C(C)C)C(=O)N3c2cccc(F)c2)c(C)[nH]1. The number of methoxy groups -OCH3 is 1. The minimum Gasteiger partial charge on any atom is -0.496 e. The predicted molar refractivity (Wildman–Crippen MR) is 143 cm³/mol. The molecule has 1 spiro atoms. The number of halogens is 1. The summed E-state index contributed by atoms with van der Waals surface area (Å²) in [6, 6.07) is 14.4. The highest BCUT2D eigenvalue weighted by atomic mass is 19.1. The van der Waals surface area contributed by atoms with E-state index < -0.39 is 5.54 Å². The minimum absolute atomic E-state index is 0.0102.